The smallest absolute Gasteiger partial charge is 0.246 e. The van der Waals surface area contributed by atoms with Gasteiger partial charge in [0.05, 0.1) is 22.9 Å². The minimum absolute atomic E-state index is 0.00805. The van der Waals surface area contributed by atoms with Gasteiger partial charge in [-0.3, -0.25) is 4.79 Å². The van der Waals surface area contributed by atoms with Crippen molar-refractivity contribution in [3.05, 3.63) is 52.0 Å². The molecular formula is C20H24N2O3S. The van der Waals surface area contributed by atoms with Crippen molar-refractivity contribution in [3.63, 3.8) is 0 Å². The SMILES string of the molecule is Cc1nc(COc2ccccc2/C=C/C(=O)N2CCOC(C)(C)C2)cs1. The highest BCUT2D eigenvalue weighted by Gasteiger charge is 2.28. The molecule has 1 saturated heterocycles. The quantitative estimate of drug-likeness (QED) is 0.751. The summed E-state index contributed by atoms with van der Waals surface area (Å²) in [5, 5.41) is 3.02. The largest absolute Gasteiger partial charge is 0.487 e. The number of nitrogens with zero attached hydrogens (tertiary/aromatic N) is 2. The van der Waals surface area contributed by atoms with Crippen molar-refractivity contribution >= 4 is 23.3 Å². The van der Waals surface area contributed by atoms with Gasteiger partial charge in [0.15, 0.2) is 0 Å². The molecule has 0 atom stereocenters. The minimum Gasteiger partial charge on any atom is -0.487 e. The van der Waals surface area contributed by atoms with Gasteiger partial charge in [-0.1, -0.05) is 18.2 Å². The Bertz CT molecular complexity index is 798. The average molecular weight is 372 g/mol. The van der Waals surface area contributed by atoms with Crippen LogP contribution in [0.4, 0.5) is 0 Å². The highest BCUT2D eigenvalue weighted by molar-refractivity contribution is 7.09. The molecule has 1 fully saturated rings. The molecule has 0 aliphatic carbocycles. The number of aromatic nitrogens is 1. The van der Waals surface area contributed by atoms with E-state index >= 15 is 0 Å². The van der Waals surface area contributed by atoms with Gasteiger partial charge in [0.1, 0.15) is 12.4 Å². The lowest BCUT2D eigenvalue weighted by Gasteiger charge is -2.37. The number of para-hydroxylation sites is 1. The maximum Gasteiger partial charge on any atom is 0.246 e. The normalized spacial score (nSPS) is 16.8. The molecule has 5 nitrogen and oxygen atoms in total. The molecule has 1 aromatic heterocycles. The van der Waals surface area contributed by atoms with Crippen LogP contribution in [-0.2, 0) is 16.1 Å². The van der Waals surface area contributed by atoms with E-state index in [0.29, 0.717) is 26.3 Å². The Morgan fingerprint density at radius 2 is 2.23 bits per heavy atom. The van der Waals surface area contributed by atoms with E-state index in [-0.39, 0.29) is 11.5 Å². The number of carbonyl (C=O) groups excluding carboxylic acids is 1. The average Bonchev–Trinajstić information content (AvgIpc) is 3.03. The molecule has 1 aliphatic heterocycles. The summed E-state index contributed by atoms with van der Waals surface area (Å²) in [5.41, 5.74) is 1.49. The number of carbonyl (C=O) groups is 1. The van der Waals surface area contributed by atoms with Gasteiger partial charge in [-0.2, -0.15) is 0 Å². The van der Waals surface area contributed by atoms with Gasteiger partial charge in [0.2, 0.25) is 5.91 Å². The number of hydrogen-bond acceptors (Lipinski definition) is 5. The fraction of sp³-hybridized carbons (Fsp3) is 0.400. The van der Waals surface area contributed by atoms with Crippen LogP contribution in [0.15, 0.2) is 35.7 Å². The molecule has 2 aromatic rings. The van der Waals surface area contributed by atoms with E-state index < -0.39 is 0 Å². The number of morpholine rings is 1. The first-order valence-corrected chi connectivity index (χ1v) is 9.55. The second kappa shape index (κ2) is 8.01. The fourth-order valence-corrected chi connectivity index (χ4v) is 3.44. The Morgan fingerprint density at radius 1 is 1.42 bits per heavy atom. The molecule has 1 aromatic carbocycles. The minimum atomic E-state index is -0.297. The van der Waals surface area contributed by atoms with Crippen molar-refractivity contribution in [3.8, 4) is 5.75 Å². The third-order valence-corrected chi connectivity index (χ3v) is 4.93. The zero-order valence-corrected chi connectivity index (χ0v) is 16.2. The maximum absolute atomic E-state index is 12.5. The highest BCUT2D eigenvalue weighted by Crippen LogP contribution is 2.22. The predicted octanol–water partition coefficient (Wildman–Crippen LogP) is 3.68. The number of hydrogen-bond donors (Lipinski definition) is 0. The van der Waals surface area contributed by atoms with Crippen LogP contribution in [0.2, 0.25) is 0 Å². The Balaban J connectivity index is 1.65. The lowest BCUT2D eigenvalue weighted by Crippen LogP contribution is -2.50. The first-order valence-electron chi connectivity index (χ1n) is 8.67. The van der Waals surface area contributed by atoms with E-state index in [0.717, 1.165) is 22.0 Å². The van der Waals surface area contributed by atoms with Crippen molar-refractivity contribution in [2.75, 3.05) is 19.7 Å². The highest BCUT2D eigenvalue weighted by atomic mass is 32.1. The molecule has 3 rings (SSSR count). The number of benzene rings is 1. The van der Waals surface area contributed by atoms with Crippen molar-refractivity contribution in [1.29, 1.82) is 0 Å². The lowest BCUT2D eigenvalue weighted by atomic mass is 10.1. The summed E-state index contributed by atoms with van der Waals surface area (Å²) in [6, 6.07) is 7.70. The molecule has 26 heavy (non-hydrogen) atoms. The van der Waals surface area contributed by atoms with Crippen LogP contribution >= 0.6 is 11.3 Å². The predicted molar refractivity (Wildman–Crippen MR) is 103 cm³/mol. The Labute approximate surface area is 158 Å². The molecule has 1 aliphatic rings. The van der Waals surface area contributed by atoms with Crippen molar-refractivity contribution in [1.82, 2.24) is 9.88 Å². The molecule has 0 spiro atoms. The number of ether oxygens (including phenoxy) is 2. The molecule has 138 valence electrons. The molecular weight excluding hydrogens is 348 g/mol. The molecule has 0 N–H and O–H groups in total. The lowest BCUT2D eigenvalue weighted by molar-refractivity contribution is -0.140. The van der Waals surface area contributed by atoms with Gasteiger partial charge in [0, 0.05) is 30.1 Å². The first kappa shape index (κ1) is 18.6. The second-order valence-corrected chi connectivity index (χ2v) is 7.95. The van der Waals surface area contributed by atoms with Crippen molar-refractivity contribution < 1.29 is 14.3 Å². The van der Waals surface area contributed by atoms with E-state index in [2.05, 4.69) is 4.98 Å². The summed E-state index contributed by atoms with van der Waals surface area (Å²) in [6.07, 6.45) is 3.42. The van der Waals surface area contributed by atoms with Gasteiger partial charge in [-0.25, -0.2) is 4.98 Å². The standard InChI is InChI=1S/C20H24N2O3S/c1-15-21-17(13-26-15)12-24-18-7-5-4-6-16(18)8-9-19(23)22-10-11-25-20(2,3)14-22/h4-9,13H,10-12,14H2,1-3H3/b9-8+. The molecule has 2 heterocycles. The molecule has 6 heteroatoms. The van der Waals surface area contributed by atoms with Gasteiger partial charge in [-0.15, -0.1) is 11.3 Å². The van der Waals surface area contributed by atoms with Crippen LogP contribution in [0, 0.1) is 6.92 Å². The van der Waals surface area contributed by atoms with Crippen LogP contribution in [0.1, 0.15) is 30.1 Å². The maximum atomic E-state index is 12.5. The third-order valence-electron chi connectivity index (χ3n) is 4.10. The van der Waals surface area contributed by atoms with Crippen molar-refractivity contribution in [2.24, 2.45) is 0 Å². The van der Waals surface area contributed by atoms with Gasteiger partial charge in [-0.05, 0) is 32.9 Å². The van der Waals surface area contributed by atoms with Crippen LogP contribution in [0.5, 0.6) is 5.75 Å². The van der Waals surface area contributed by atoms with Gasteiger partial charge in [0.25, 0.3) is 0 Å². The number of amides is 1. The molecule has 0 saturated carbocycles. The Hall–Kier alpha value is -2.18. The summed E-state index contributed by atoms with van der Waals surface area (Å²) in [7, 11) is 0. The topological polar surface area (TPSA) is 51.7 Å². The Morgan fingerprint density at radius 3 is 2.96 bits per heavy atom. The summed E-state index contributed by atoms with van der Waals surface area (Å²) in [4.78, 5) is 18.7. The van der Waals surface area contributed by atoms with E-state index in [1.54, 1.807) is 17.4 Å². The Kier molecular flexibility index (Phi) is 5.74. The summed E-state index contributed by atoms with van der Waals surface area (Å²) in [5.74, 6) is 0.732. The van der Waals surface area contributed by atoms with E-state index in [1.807, 2.05) is 61.4 Å². The van der Waals surface area contributed by atoms with E-state index in [9.17, 15) is 4.79 Å². The monoisotopic (exact) mass is 372 g/mol. The molecule has 1 amide bonds. The number of aryl methyl sites for hydroxylation is 1. The second-order valence-electron chi connectivity index (χ2n) is 6.89. The van der Waals surface area contributed by atoms with Gasteiger partial charge < -0.3 is 14.4 Å². The fourth-order valence-electron chi connectivity index (χ4n) is 2.85. The zero-order valence-electron chi connectivity index (χ0n) is 15.4. The molecule has 0 radical (unpaired) electrons. The van der Waals surface area contributed by atoms with Crippen molar-refractivity contribution in [2.45, 2.75) is 33.0 Å². The van der Waals surface area contributed by atoms with E-state index in [1.165, 1.54) is 0 Å². The van der Waals surface area contributed by atoms with Crippen LogP contribution in [0.25, 0.3) is 6.08 Å². The van der Waals surface area contributed by atoms with Gasteiger partial charge >= 0.3 is 0 Å². The van der Waals surface area contributed by atoms with E-state index in [4.69, 9.17) is 9.47 Å². The molecule has 0 bridgehead atoms. The first-order chi connectivity index (χ1) is 12.4. The van der Waals surface area contributed by atoms with Crippen LogP contribution < -0.4 is 4.74 Å². The summed E-state index contributed by atoms with van der Waals surface area (Å²) in [6.45, 7) is 8.17. The zero-order chi connectivity index (χ0) is 18.6. The molecule has 0 unspecified atom stereocenters. The third kappa shape index (κ3) is 4.93. The summed E-state index contributed by atoms with van der Waals surface area (Å²) >= 11 is 1.61. The number of rotatable bonds is 5. The number of thiazole rings is 1. The summed E-state index contributed by atoms with van der Waals surface area (Å²) < 4.78 is 11.6. The van der Waals surface area contributed by atoms with Crippen LogP contribution in [-0.4, -0.2) is 41.1 Å². The van der Waals surface area contributed by atoms with Crippen LogP contribution in [0.3, 0.4) is 0 Å².